The molecule has 0 unspecified atom stereocenters. The topological polar surface area (TPSA) is 68.7 Å². The molecule has 1 aliphatic heterocycles. The van der Waals surface area contributed by atoms with Gasteiger partial charge in [-0.05, 0) is 44.7 Å². The summed E-state index contributed by atoms with van der Waals surface area (Å²) in [6.07, 6.45) is 5.18. The van der Waals surface area contributed by atoms with Crippen molar-refractivity contribution in [3.05, 3.63) is 42.1 Å². The molecule has 0 atom stereocenters. The molecule has 1 aromatic carbocycles. The lowest BCUT2D eigenvalue weighted by atomic mass is 9.84. The van der Waals surface area contributed by atoms with Crippen molar-refractivity contribution in [1.29, 1.82) is 0 Å². The summed E-state index contributed by atoms with van der Waals surface area (Å²) in [6, 6.07) is 9.97. The molecular formula is C21H26N4O2. The highest BCUT2D eigenvalue weighted by Gasteiger charge is 2.30. The fourth-order valence-corrected chi connectivity index (χ4v) is 4.00. The van der Waals surface area contributed by atoms with Gasteiger partial charge in [0.2, 0.25) is 0 Å². The number of aromatic nitrogens is 1. The summed E-state index contributed by atoms with van der Waals surface area (Å²) in [5, 5.41) is 13.6. The van der Waals surface area contributed by atoms with E-state index in [-0.39, 0.29) is 5.91 Å². The van der Waals surface area contributed by atoms with Gasteiger partial charge in [0.1, 0.15) is 5.82 Å². The zero-order valence-corrected chi connectivity index (χ0v) is 16.1. The highest BCUT2D eigenvalue weighted by molar-refractivity contribution is 6.13. The second-order valence-electron chi connectivity index (χ2n) is 7.91. The standard InChI is InChI=1S/C21H26N4O2/c1-21(27)10-8-14(9-11-21)23-19-12-17-18(13-22-19)25(3)20(26)15-6-4-5-7-16(15)24(17)2/h4-7,12-14,27H,8-11H2,1-3H3,(H,22,23)/t14-,21+. The molecule has 27 heavy (non-hydrogen) atoms. The molecule has 2 N–H and O–H groups in total. The van der Waals surface area contributed by atoms with Gasteiger partial charge in [0.25, 0.3) is 5.91 Å². The molecule has 1 aliphatic carbocycles. The Kier molecular flexibility index (Phi) is 4.30. The minimum absolute atomic E-state index is 0.0341. The van der Waals surface area contributed by atoms with E-state index in [1.807, 2.05) is 49.2 Å². The number of nitrogens with zero attached hydrogens (tertiary/aromatic N) is 3. The SMILES string of the molecule is CN1C(=O)c2ccccc2N(C)c2cc(N[C@H]3CC[C@@](C)(O)CC3)ncc21. The number of hydrogen-bond acceptors (Lipinski definition) is 5. The number of amides is 1. The van der Waals surface area contributed by atoms with Crippen LogP contribution in [0.3, 0.4) is 0 Å². The van der Waals surface area contributed by atoms with Gasteiger partial charge in [-0.3, -0.25) is 4.79 Å². The molecule has 1 amide bonds. The Morgan fingerprint density at radius 2 is 1.81 bits per heavy atom. The van der Waals surface area contributed by atoms with Gasteiger partial charge in [-0.15, -0.1) is 0 Å². The van der Waals surface area contributed by atoms with Crippen molar-refractivity contribution >= 4 is 28.8 Å². The minimum Gasteiger partial charge on any atom is -0.390 e. The number of carbonyl (C=O) groups is 1. The van der Waals surface area contributed by atoms with Crippen molar-refractivity contribution in [2.24, 2.45) is 0 Å². The number of hydrogen-bond donors (Lipinski definition) is 2. The highest BCUT2D eigenvalue weighted by atomic mass is 16.3. The number of aliphatic hydroxyl groups is 1. The summed E-state index contributed by atoms with van der Waals surface area (Å²) in [6.45, 7) is 1.91. The van der Waals surface area contributed by atoms with E-state index in [4.69, 9.17) is 0 Å². The Morgan fingerprint density at radius 1 is 1.11 bits per heavy atom. The molecule has 0 radical (unpaired) electrons. The second-order valence-corrected chi connectivity index (χ2v) is 7.91. The van der Waals surface area contributed by atoms with E-state index in [1.54, 1.807) is 18.1 Å². The predicted octanol–water partition coefficient (Wildman–Crippen LogP) is 3.55. The zero-order valence-electron chi connectivity index (χ0n) is 16.1. The summed E-state index contributed by atoms with van der Waals surface area (Å²) in [4.78, 5) is 21.1. The van der Waals surface area contributed by atoms with Gasteiger partial charge < -0.3 is 20.2 Å². The van der Waals surface area contributed by atoms with E-state index in [1.165, 1.54) is 0 Å². The Bertz CT molecular complexity index is 870. The van der Waals surface area contributed by atoms with Gasteiger partial charge in [0, 0.05) is 26.2 Å². The third kappa shape index (κ3) is 3.25. The van der Waals surface area contributed by atoms with Crippen LogP contribution in [-0.4, -0.2) is 41.7 Å². The quantitative estimate of drug-likeness (QED) is 0.851. The molecule has 4 rings (SSSR count). The van der Waals surface area contributed by atoms with Gasteiger partial charge in [-0.25, -0.2) is 4.98 Å². The average Bonchev–Trinajstić information content (AvgIpc) is 2.74. The molecule has 6 heteroatoms. The first-order valence-electron chi connectivity index (χ1n) is 9.45. The number of pyridine rings is 1. The molecule has 2 aliphatic rings. The number of carbonyl (C=O) groups excluding carboxylic acids is 1. The van der Waals surface area contributed by atoms with Crippen LogP contribution in [0.2, 0.25) is 0 Å². The number of nitrogens with one attached hydrogen (secondary N) is 1. The van der Waals surface area contributed by atoms with Gasteiger partial charge in [0.05, 0.1) is 34.4 Å². The lowest BCUT2D eigenvalue weighted by Crippen LogP contribution is -2.36. The van der Waals surface area contributed by atoms with Crippen molar-refractivity contribution in [2.45, 2.75) is 44.2 Å². The number of rotatable bonds is 2. The van der Waals surface area contributed by atoms with Crippen LogP contribution in [0.5, 0.6) is 0 Å². The predicted molar refractivity (Wildman–Crippen MR) is 108 cm³/mol. The summed E-state index contributed by atoms with van der Waals surface area (Å²) >= 11 is 0. The van der Waals surface area contributed by atoms with Crippen molar-refractivity contribution in [1.82, 2.24) is 4.98 Å². The summed E-state index contributed by atoms with van der Waals surface area (Å²) in [5.74, 6) is 0.764. The number of para-hydroxylation sites is 1. The van der Waals surface area contributed by atoms with Gasteiger partial charge in [0.15, 0.2) is 0 Å². The molecule has 1 saturated carbocycles. The molecule has 2 heterocycles. The molecule has 2 aromatic rings. The lowest BCUT2D eigenvalue weighted by Gasteiger charge is -2.33. The molecule has 6 nitrogen and oxygen atoms in total. The van der Waals surface area contributed by atoms with Crippen molar-refractivity contribution in [2.75, 3.05) is 29.2 Å². The maximum atomic E-state index is 12.8. The Labute approximate surface area is 159 Å². The Balaban J connectivity index is 1.65. The molecule has 0 bridgehead atoms. The van der Waals surface area contributed by atoms with Crippen molar-refractivity contribution in [3.63, 3.8) is 0 Å². The first-order chi connectivity index (χ1) is 12.9. The maximum Gasteiger partial charge on any atom is 0.260 e. The maximum absolute atomic E-state index is 12.8. The molecule has 1 fully saturated rings. The summed E-state index contributed by atoms with van der Waals surface area (Å²) in [5.41, 5.74) is 2.75. The van der Waals surface area contributed by atoms with Crippen LogP contribution in [0.25, 0.3) is 0 Å². The summed E-state index contributed by atoms with van der Waals surface area (Å²) in [7, 11) is 3.76. The van der Waals surface area contributed by atoms with Crippen LogP contribution in [0, 0.1) is 0 Å². The fraction of sp³-hybridized carbons (Fsp3) is 0.429. The van der Waals surface area contributed by atoms with E-state index in [0.717, 1.165) is 48.6 Å². The van der Waals surface area contributed by atoms with Crippen molar-refractivity contribution < 1.29 is 9.90 Å². The normalized spacial score (nSPS) is 24.9. The van der Waals surface area contributed by atoms with Crippen LogP contribution in [0.15, 0.2) is 36.5 Å². The van der Waals surface area contributed by atoms with E-state index >= 15 is 0 Å². The van der Waals surface area contributed by atoms with Crippen LogP contribution in [0.1, 0.15) is 43.0 Å². The zero-order chi connectivity index (χ0) is 19.2. The molecule has 142 valence electrons. The molecule has 1 aromatic heterocycles. The smallest absolute Gasteiger partial charge is 0.260 e. The Hall–Kier alpha value is -2.60. The van der Waals surface area contributed by atoms with E-state index in [0.29, 0.717) is 11.6 Å². The van der Waals surface area contributed by atoms with Gasteiger partial charge in [-0.1, -0.05) is 12.1 Å². The van der Waals surface area contributed by atoms with E-state index in [2.05, 4.69) is 10.3 Å². The highest BCUT2D eigenvalue weighted by Crippen LogP contribution is 2.40. The van der Waals surface area contributed by atoms with Gasteiger partial charge >= 0.3 is 0 Å². The monoisotopic (exact) mass is 366 g/mol. The summed E-state index contributed by atoms with van der Waals surface area (Å²) < 4.78 is 0. The molecule has 0 spiro atoms. The first-order valence-corrected chi connectivity index (χ1v) is 9.45. The van der Waals surface area contributed by atoms with Crippen LogP contribution in [0.4, 0.5) is 22.9 Å². The largest absolute Gasteiger partial charge is 0.390 e. The van der Waals surface area contributed by atoms with Crippen LogP contribution >= 0.6 is 0 Å². The number of benzene rings is 1. The van der Waals surface area contributed by atoms with Crippen LogP contribution < -0.4 is 15.1 Å². The average molecular weight is 366 g/mol. The van der Waals surface area contributed by atoms with Gasteiger partial charge in [-0.2, -0.15) is 0 Å². The number of fused-ring (bicyclic) bond motifs is 2. The Morgan fingerprint density at radius 3 is 2.56 bits per heavy atom. The lowest BCUT2D eigenvalue weighted by molar-refractivity contribution is 0.0196. The van der Waals surface area contributed by atoms with E-state index in [9.17, 15) is 9.90 Å². The van der Waals surface area contributed by atoms with Crippen molar-refractivity contribution in [3.8, 4) is 0 Å². The van der Waals surface area contributed by atoms with Crippen LogP contribution in [-0.2, 0) is 0 Å². The fourth-order valence-electron chi connectivity index (χ4n) is 4.00. The molecular weight excluding hydrogens is 340 g/mol. The third-order valence-electron chi connectivity index (χ3n) is 5.80. The first kappa shape index (κ1) is 17.8. The second kappa shape index (κ2) is 6.53. The van der Waals surface area contributed by atoms with E-state index < -0.39 is 5.60 Å². The third-order valence-corrected chi connectivity index (χ3v) is 5.80. The molecule has 0 saturated heterocycles. The number of anilines is 4. The minimum atomic E-state index is -0.549.